The van der Waals surface area contributed by atoms with E-state index in [2.05, 4.69) is 0 Å². The first-order valence-electron chi connectivity index (χ1n) is 6.86. The maximum atomic E-state index is 12.3. The SMILES string of the molecule is CC1CN(C(=O)CC(N)c2ccccc2)CCCO1.Cl. The summed E-state index contributed by atoms with van der Waals surface area (Å²) in [6, 6.07) is 9.54. The van der Waals surface area contributed by atoms with Crippen molar-refractivity contribution in [3.63, 3.8) is 0 Å². The summed E-state index contributed by atoms with van der Waals surface area (Å²) in [6.07, 6.45) is 1.37. The monoisotopic (exact) mass is 298 g/mol. The van der Waals surface area contributed by atoms with Gasteiger partial charge in [-0.3, -0.25) is 4.79 Å². The second-order valence-corrected chi connectivity index (χ2v) is 5.10. The van der Waals surface area contributed by atoms with Gasteiger partial charge in [0.2, 0.25) is 5.91 Å². The van der Waals surface area contributed by atoms with Crippen molar-refractivity contribution in [1.29, 1.82) is 0 Å². The molecule has 2 N–H and O–H groups in total. The lowest BCUT2D eigenvalue weighted by Gasteiger charge is -2.23. The number of amides is 1. The Hall–Kier alpha value is -1.10. The molecule has 0 bridgehead atoms. The van der Waals surface area contributed by atoms with Gasteiger partial charge in [-0.25, -0.2) is 0 Å². The first-order valence-corrected chi connectivity index (χ1v) is 6.86. The zero-order valence-corrected chi connectivity index (χ0v) is 12.6. The highest BCUT2D eigenvalue weighted by Crippen LogP contribution is 2.16. The van der Waals surface area contributed by atoms with Gasteiger partial charge in [0.05, 0.1) is 6.10 Å². The number of hydrogen-bond donors (Lipinski definition) is 1. The lowest BCUT2D eigenvalue weighted by molar-refractivity contribution is -0.132. The maximum Gasteiger partial charge on any atom is 0.224 e. The van der Waals surface area contributed by atoms with Gasteiger partial charge in [0.25, 0.3) is 0 Å². The summed E-state index contributed by atoms with van der Waals surface area (Å²) in [7, 11) is 0. The molecule has 1 aliphatic rings. The molecule has 2 rings (SSSR count). The molecule has 0 spiro atoms. The smallest absolute Gasteiger partial charge is 0.224 e. The molecule has 2 atom stereocenters. The Bertz CT molecular complexity index is 414. The van der Waals surface area contributed by atoms with Gasteiger partial charge in [0.1, 0.15) is 0 Å². The number of nitrogens with two attached hydrogens (primary N) is 1. The molecule has 5 heteroatoms. The Morgan fingerprint density at radius 2 is 2.15 bits per heavy atom. The van der Waals surface area contributed by atoms with Crippen LogP contribution in [0.25, 0.3) is 0 Å². The average molecular weight is 299 g/mol. The number of hydrogen-bond acceptors (Lipinski definition) is 3. The van der Waals surface area contributed by atoms with E-state index in [4.69, 9.17) is 10.5 Å². The standard InChI is InChI=1S/C15H22N2O2.ClH/c1-12-11-17(8-5-9-19-12)15(18)10-14(16)13-6-3-2-4-7-13;/h2-4,6-7,12,14H,5,8-11,16H2,1H3;1H. The van der Waals surface area contributed by atoms with Crippen molar-refractivity contribution in [2.45, 2.75) is 31.9 Å². The van der Waals surface area contributed by atoms with Crippen LogP contribution < -0.4 is 5.73 Å². The minimum absolute atomic E-state index is 0. The van der Waals surface area contributed by atoms with Crippen molar-refractivity contribution in [1.82, 2.24) is 4.90 Å². The van der Waals surface area contributed by atoms with Crippen molar-refractivity contribution in [2.24, 2.45) is 5.73 Å². The molecule has 1 aromatic rings. The topological polar surface area (TPSA) is 55.6 Å². The number of carbonyl (C=O) groups is 1. The molecule has 1 aliphatic heterocycles. The highest BCUT2D eigenvalue weighted by molar-refractivity contribution is 5.85. The van der Waals surface area contributed by atoms with E-state index in [9.17, 15) is 4.79 Å². The molecule has 1 amide bonds. The molecule has 4 nitrogen and oxygen atoms in total. The van der Waals surface area contributed by atoms with Crippen LogP contribution in [0.15, 0.2) is 30.3 Å². The number of rotatable bonds is 3. The lowest BCUT2D eigenvalue weighted by Crippen LogP contribution is -2.37. The molecule has 20 heavy (non-hydrogen) atoms. The van der Waals surface area contributed by atoms with E-state index in [1.165, 1.54) is 0 Å². The summed E-state index contributed by atoms with van der Waals surface area (Å²) in [6.45, 7) is 4.17. The van der Waals surface area contributed by atoms with E-state index >= 15 is 0 Å². The molecule has 2 unspecified atom stereocenters. The van der Waals surface area contributed by atoms with Gasteiger partial charge in [-0.1, -0.05) is 30.3 Å². The molecule has 1 aromatic carbocycles. The van der Waals surface area contributed by atoms with E-state index in [1.807, 2.05) is 42.2 Å². The van der Waals surface area contributed by atoms with Crippen molar-refractivity contribution in [2.75, 3.05) is 19.7 Å². The summed E-state index contributed by atoms with van der Waals surface area (Å²) < 4.78 is 5.55. The molecule has 0 radical (unpaired) electrons. The van der Waals surface area contributed by atoms with Crippen LogP contribution in [0, 0.1) is 0 Å². The summed E-state index contributed by atoms with van der Waals surface area (Å²) in [5.41, 5.74) is 7.11. The van der Waals surface area contributed by atoms with Crippen LogP contribution in [0.3, 0.4) is 0 Å². The largest absolute Gasteiger partial charge is 0.377 e. The maximum absolute atomic E-state index is 12.3. The zero-order chi connectivity index (χ0) is 13.7. The molecule has 0 aliphatic carbocycles. The van der Waals surface area contributed by atoms with E-state index in [0.717, 1.165) is 25.1 Å². The Morgan fingerprint density at radius 3 is 2.85 bits per heavy atom. The molecule has 1 fully saturated rings. The van der Waals surface area contributed by atoms with Crippen LogP contribution in [0.5, 0.6) is 0 Å². The van der Waals surface area contributed by atoms with Gasteiger partial charge in [-0.15, -0.1) is 12.4 Å². The average Bonchev–Trinajstić information content (AvgIpc) is 2.64. The van der Waals surface area contributed by atoms with E-state index in [1.54, 1.807) is 0 Å². The van der Waals surface area contributed by atoms with Crippen molar-refractivity contribution >= 4 is 18.3 Å². The fraction of sp³-hybridized carbons (Fsp3) is 0.533. The quantitative estimate of drug-likeness (QED) is 0.930. The van der Waals surface area contributed by atoms with Crippen LogP contribution in [0.1, 0.15) is 31.4 Å². The second-order valence-electron chi connectivity index (χ2n) is 5.10. The van der Waals surface area contributed by atoms with Crippen LogP contribution >= 0.6 is 12.4 Å². The number of nitrogens with zero attached hydrogens (tertiary/aromatic N) is 1. The van der Waals surface area contributed by atoms with Gasteiger partial charge in [0.15, 0.2) is 0 Å². The second kappa shape index (κ2) is 8.25. The molecule has 0 saturated carbocycles. The van der Waals surface area contributed by atoms with Crippen LogP contribution in [-0.2, 0) is 9.53 Å². The summed E-state index contributed by atoms with van der Waals surface area (Å²) in [5, 5.41) is 0. The number of benzene rings is 1. The highest BCUT2D eigenvalue weighted by Gasteiger charge is 2.21. The van der Waals surface area contributed by atoms with Gasteiger partial charge in [-0.2, -0.15) is 0 Å². The molecule has 1 saturated heterocycles. The molecule has 0 aromatic heterocycles. The van der Waals surface area contributed by atoms with E-state index < -0.39 is 0 Å². The fourth-order valence-electron chi connectivity index (χ4n) is 2.36. The van der Waals surface area contributed by atoms with Crippen LogP contribution in [0.2, 0.25) is 0 Å². The third kappa shape index (κ3) is 4.78. The number of ether oxygens (including phenoxy) is 1. The third-order valence-corrected chi connectivity index (χ3v) is 3.43. The van der Waals surface area contributed by atoms with Gasteiger partial charge < -0.3 is 15.4 Å². The van der Waals surface area contributed by atoms with Gasteiger partial charge >= 0.3 is 0 Å². The first kappa shape index (κ1) is 17.0. The predicted octanol–water partition coefficient (Wildman–Crippen LogP) is 2.14. The van der Waals surface area contributed by atoms with Crippen LogP contribution in [0.4, 0.5) is 0 Å². The molecule has 112 valence electrons. The van der Waals surface area contributed by atoms with E-state index in [-0.39, 0.29) is 30.5 Å². The molecular weight excluding hydrogens is 276 g/mol. The first-order chi connectivity index (χ1) is 9.16. The Labute approximate surface area is 126 Å². The van der Waals surface area contributed by atoms with Crippen molar-refractivity contribution in [3.8, 4) is 0 Å². The number of carbonyl (C=O) groups excluding carboxylic acids is 1. The van der Waals surface area contributed by atoms with E-state index in [0.29, 0.717) is 13.0 Å². The minimum Gasteiger partial charge on any atom is -0.377 e. The minimum atomic E-state index is -0.229. The third-order valence-electron chi connectivity index (χ3n) is 3.43. The predicted molar refractivity (Wildman–Crippen MR) is 81.8 cm³/mol. The lowest BCUT2D eigenvalue weighted by atomic mass is 10.0. The fourth-order valence-corrected chi connectivity index (χ4v) is 2.36. The molecule has 1 heterocycles. The summed E-state index contributed by atoms with van der Waals surface area (Å²) in [4.78, 5) is 14.1. The Morgan fingerprint density at radius 1 is 1.45 bits per heavy atom. The van der Waals surface area contributed by atoms with Crippen molar-refractivity contribution in [3.05, 3.63) is 35.9 Å². The van der Waals surface area contributed by atoms with Gasteiger partial charge in [-0.05, 0) is 18.9 Å². The van der Waals surface area contributed by atoms with Crippen molar-refractivity contribution < 1.29 is 9.53 Å². The number of halogens is 1. The van der Waals surface area contributed by atoms with Gasteiger partial charge in [0, 0.05) is 32.2 Å². The highest BCUT2D eigenvalue weighted by atomic mass is 35.5. The zero-order valence-electron chi connectivity index (χ0n) is 11.8. The summed E-state index contributed by atoms with van der Waals surface area (Å²) in [5.74, 6) is 0.119. The normalized spacial score (nSPS) is 20.7. The summed E-state index contributed by atoms with van der Waals surface area (Å²) >= 11 is 0. The van der Waals surface area contributed by atoms with Crippen LogP contribution in [-0.4, -0.2) is 36.6 Å². The Balaban J connectivity index is 0.00000200. The Kier molecular flexibility index (Phi) is 6.99. The molecular formula is C15H23ClN2O2.